The van der Waals surface area contributed by atoms with Crippen molar-refractivity contribution in [3.8, 4) is 0 Å². The normalized spacial score (nSPS) is 40.5. The summed E-state index contributed by atoms with van der Waals surface area (Å²) in [7, 11) is 0. The lowest BCUT2D eigenvalue weighted by Gasteiger charge is -2.36. The molecule has 0 aliphatic heterocycles. The predicted molar refractivity (Wildman–Crippen MR) is 91.2 cm³/mol. The lowest BCUT2D eigenvalue weighted by atomic mass is 9.67. The van der Waals surface area contributed by atoms with Crippen molar-refractivity contribution in [2.24, 2.45) is 29.1 Å². The van der Waals surface area contributed by atoms with Crippen LogP contribution in [0, 0.1) is 29.1 Å². The number of aliphatic hydroxyl groups excluding tert-OH is 2. The molecular weight excluding hydrogens is 304 g/mol. The Morgan fingerprint density at radius 2 is 2.17 bits per heavy atom. The largest absolute Gasteiger partial charge is 0.396 e. The van der Waals surface area contributed by atoms with E-state index in [1.807, 2.05) is 19.9 Å². The maximum Gasteiger partial charge on any atom is 0.169 e. The third-order valence-electron chi connectivity index (χ3n) is 6.85. The summed E-state index contributed by atoms with van der Waals surface area (Å²) in [6.07, 6.45) is 5.22. The van der Waals surface area contributed by atoms with Gasteiger partial charge in [-0.2, -0.15) is 0 Å². The van der Waals surface area contributed by atoms with Crippen molar-refractivity contribution >= 4 is 12.1 Å². The van der Waals surface area contributed by atoms with E-state index in [4.69, 9.17) is 0 Å². The molecule has 0 heterocycles. The molecule has 0 spiro atoms. The first kappa shape index (κ1) is 17.6. The molecule has 24 heavy (non-hydrogen) atoms. The molecule has 1 fully saturated rings. The molecule has 0 aromatic heterocycles. The molecule has 3 aliphatic carbocycles. The number of rotatable bonds is 3. The van der Waals surface area contributed by atoms with Gasteiger partial charge in [0.15, 0.2) is 5.78 Å². The fourth-order valence-corrected chi connectivity index (χ4v) is 5.25. The highest BCUT2D eigenvalue weighted by molar-refractivity contribution is 5.96. The molecule has 4 nitrogen and oxygen atoms in total. The molecule has 0 aromatic rings. The lowest BCUT2D eigenvalue weighted by molar-refractivity contribution is -0.128. The van der Waals surface area contributed by atoms with E-state index in [2.05, 4.69) is 6.92 Å². The van der Waals surface area contributed by atoms with Crippen molar-refractivity contribution < 1.29 is 19.8 Å². The summed E-state index contributed by atoms with van der Waals surface area (Å²) < 4.78 is 0. The molecule has 0 aromatic carbocycles. The summed E-state index contributed by atoms with van der Waals surface area (Å²) in [6, 6.07) is 0. The number of carbonyl (C=O) groups is 2. The van der Waals surface area contributed by atoms with Gasteiger partial charge in [0.25, 0.3) is 0 Å². The minimum atomic E-state index is -0.963. The molecule has 0 unspecified atom stereocenters. The summed E-state index contributed by atoms with van der Waals surface area (Å²) in [4.78, 5) is 24.1. The van der Waals surface area contributed by atoms with Gasteiger partial charge in [0.05, 0.1) is 5.92 Å². The van der Waals surface area contributed by atoms with Crippen LogP contribution in [0.1, 0.15) is 46.5 Å². The monoisotopic (exact) mass is 332 g/mol. The first-order valence-corrected chi connectivity index (χ1v) is 9.04. The maximum absolute atomic E-state index is 12.5. The fraction of sp³-hybridized carbons (Fsp3) is 0.700. The maximum atomic E-state index is 12.5. The van der Waals surface area contributed by atoms with Gasteiger partial charge >= 0.3 is 0 Å². The van der Waals surface area contributed by atoms with Crippen LogP contribution in [0.25, 0.3) is 0 Å². The Morgan fingerprint density at radius 1 is 1.46 bits per heavy atom. The molecule has 0 radical (unpaired) electrons. The lowest BCUT2D eigenvalue weighted by Crippen LogP contribution is -2.30. The first-order chi connectivity index (χ1) is 11.3. The second-order valence-corrected chi connectivity index (χ2v) is 8.23. The van der Waals surface area contributed by atoms with Gasteiger partial charge in [0.1, 0.15) is 12.4 Å². The van der Waals surface area contributed by atoms with Gasteiger partial charge in [-0.05, 0) is 48.5 Å². The molecule has 6 atom stereocenters. The SMILES string of the molecule is C[C@H]1[C@H]2C[C@]3(C)CCC([C@@H](C)CO)=C3CC=C(C=O)[C@@H]2C(=O)[C@H]1O. The van der Waals surface area contributed by atoms with E-state index < -0.39 is 12.0 Å². The number of fused-ring (bicyclic) bond motifs is 2. The molecule has 3 rings (SSSR count). The van der Waals surface area contributed by atoms with Crippen molar-refractivity contribution in [1.29, 1.82) is 0 Å². The van der Waals surface area contributed by atoms with Gasteiger partial charge in [0.2, 0.25) is 0 Å². The zero-order chi connectivity index (χ0) is 17.6. The Hall–Kier alpha value is -1.26. The van der Waals surface area contributed by atoms with E-state index in [9.17, 15) is 19.8 Å². The molecule has 4 heteroatoms. The van der Waals surface area contributed by atoms with Crippen molar-refractivity contribution in [2.75, 3.05) is 6.61 Å². The van der Waals surface area contributed by atoms with Crippen molar-refractivity contribution in [3.05, 3.63) is 22.8 Å². The Balaban J connectivity index is 2.08. The van der Waals surface area contributed by atoms with Gasteiger partial charge < -0.3 is 10.2 Å². The van der Waals surface area contributed by atoms with Crippen molar-refractivity contribution in [1.82, 2.24) is 0 Å². The van der Waals surface area contributed by atoms with Crippen LogP contribution in [0.5, 0.6) is 0 Å². The molecule has 0 saturated heterocycles. The highest BCUT2D eigenvalue weighted by atomic mass is 16.3. The Labute approximate surface area is 143 Å². The van der Waals surface area contributed by atoms with Crippen LogP contribution in [-0.4, -0.2) is 35.0 Å². The van der Waals surface area contributed by atoms with Crippen molar-refractivity contribution in [2.45, 2.75) is 52.6 Å². The number of allylic oxidation sites excluding steroid dienone is 3. The second-order valence-electron chi connectivity index (χ2n) is 8.23. The van der Waals surface area contributed by atoms with E-state index in [0.29, 0.717) is 12.0 Å². The van der Waals surface area contributed by atoms with Gasteiger partial charge in [-0.25, -0.2) is 0 Å². The van der Waals surface area contributed by atoms with Gasteiger partial charge in [0, 0.05) is 12.5 Å². The van der Waals surface area contributed by atoms with Crippen LogP contribution < -0.4 is 0 Å². The first-order valence-electron chi connectivity index (χ1n) is 9.04. The Bertz CT molecular complexity index is 617. The van der Waals surface area contributed by atoms with E-state index in [-0.39, 0.29) is 35.6 Å². The number of aliphatic hydroxyl groups is 2. The van der Waals surface area contributed by atoms with Crippen LogP contribution in [0.4, 0.5) is 0 Å². The summed E-state index contributed by atoms with van der Waals surface area (Å²) in [5.74, 6) is -0.623. The Morgan fingerprint density at radius 3 is 2.79 bits per heavy atom. The smallest absolute Gasteiger partial charge is 0.169 e. The second kappa shape index (κ2) is 6.23. The van der Waals surface area contributed by atoms with Gasteiger partial charge in [-0.3, -0.25) is 9.59 Å². The average molecular weight is 332 g/mol. The third kappa shape index (κ3) is 2.51. The minimum Gasteiger partial charge on any atom is -0.396 e. The van der Waals surface area contributed by atoms with E-state index >= 15 is 0 Å². The van der Waals surface area contributed by atoms with Crippen LogP contribution in [0.2, 0.25) is 0 Å². The molecule has 132 valence electrons. The molecule has 3 aliphatic rings. The van der Waals surface area contributed by atoms with Crippen LogP contribution in [0.3, 0.4) is 0 Å². The number of Topliss-reactive ketones (excluding diaryl/α,β-unsaturated/α-hetero) is 1. The molecule has 0 bridgehead atoms. The van der Waals surface area contributed by atoms with Gasteiger partial charge in [-0.15, -0.1) is 0 Å². The van der Waals surface area contributed by atoms with E-state index in [1.54, 1.807) is 0 Å². The standard InChI is InChI=1S/C20H28O4/c1-11(9-21)14-6-7-20(3)8-15-12(2)18(23)19(24)17(15)13(10-22)4-5-16(14)20/h4,10-12,15,17-18,21,23H,5-9H2,1-3H3/t11-,12-,15+,17-,18-,20-/m0/s1. The zero-order valence-electron chi connectivity index (χ0n) is 14.8. The summed E-state index contributed by atoms with van der Waals surface area (Å²) in [6.45, 7) is 6.36. The number of aldehydes is 1. The minimum absolute atomic E-state index is 0.00744. The molecule has 2 N–H and O–H groups in total. The topological polar surface area (TPSA) is 74.6 Å². The van der Waals surface area contributed by atoms with Crippen LogP contribution in [-0.2, 0) is 9.59 Å². The van der Waals surface area contributed by atoms with Crippen LogP contribution >= 0.6 is 0 Å². The van der Waals surface area contributed by atoms with E-state index in [0.717, 1.165) is 25.5 Å². The highest BCUT2D eigenvalue weighted by Crippen LogP contribution is 2.55. The summed E-state index contributed by atoms with van der Waals surface area (Å²) in [5.41, 5.74) is 3.18. The number of hydrogen-bond donors (Lipinski definition) is 2. The fourth-order valence-electron chi connectivity index (χ4n) is 5.25. The molecule has 1 saturated carbocycles. The third-order valence-corrected chi connectivity index (χ3v) is 6.85. The number of hydrogen-bond acceptors (Lipinski definition) is 4. The number of carbonyl (C=O) groups excluding carboxylic acids is 2. The zero-order valence-corrected chi connectivity index (χ0v) is 14.8. The van der Waals surface area contributed by atoms with E-state index in [1.165, 1.54) is 11.1 Å². The quantitative estimate of drug-likeness (QED) is 0.615. The van der Waals surface area contributed by atoms with Crippen LogP contribution in [0.15, 0.2) is 22.8 Å². The highest BCUT2D eigenvalue weighted by Gasteiger charge is 2.52. The van der Waals surface area contributed by atoms with Gasteiger partial charge in [-0.1, -0.05) is 38.0 Å². The Kier molecular flexibility index (Phi) is 4.56. The summed E-state index contributed by atoms with van der Waals surface area (Å²) >= 11 is 0. The average Bonchev–Trinajstić information content (AvgIpc) is 2.97. The number of ketones is 1. The predicted octanol–water partition coefficient (Wildman–Crippen LogP) is 2.44. The molecule has 0 amide bonds. The van der Waals surface area contributed by atoms with Crippen molar-refractivity contribution in [3.63, 3.8) is 0 Å². The summed E-state index contributed by atoms with van der Waals surface area (Å²) in [5, 5.41) is 19.8. The molecular formula is C20H28O4.